The summed E-state index contributed by atoms with van der Waals surface area (Å²) < 4.78 is 56.0. The van der Waals surface area contributed by atoms with Crippen molar-refractivity contribution in [2.45, 2.75) is 104 Å². The molecule has 1 aromatic heterocycles. The second-order valence-electron chi connectivity index (χ2n) is 16.7. The first-order valence-corrected chi connectivity index (χ1v) is 19.3. The molecule has 20 heteroatoms. The predicted molar refractivity (Wildman–Crippen MR) is 219 cm³/mol. The highest BCUT2D eigenvalue weighted by atomic mass is 19.4. The second-order valence-corrected chi connectivity index (χ2v) is 16.7. The van der Waals surface area contributed by atoms with Gasteiger partial charge >= 0.3 is 30.5 Å². The Kier molecular flexibility index (Phi) is 16.7. The van der Waals surface area contributed by atoms with E-state index in [0.717, 1.165) is 29.3 Å². The van der Waals surface area contributed by atoms with Gasteiger partial charge in [0, 0.05) is 31.6 Å². The molecular weight excluding hydrogens is 805 g/mol. The van der Waals surface area contributed by atoms with Crippen LogP contribution < -0.4 is 26.7 Å². The largest absolute Gasteiger partial charge is 0.444 e. The number of anilines is 1. The molecule has 0 aliphatic heterocycles. The first kappa shape index (κ1) is 49.0. The van der Waals surface area contributed by atoms with E-state index in [1.54, 1.807) is 92.6 Å². The third-order valence-electron chi connectivity index (χ3n) is 7.79. The fourth-order valence-electron chi connectivity index (χ4n) is 5.22. The zero-order valence-electron chi connectivity index (χ0n) is 35.7. The number of ether oxygens (including phenoxy) is 3. The molecular formula is C41H55F3N8O9. The molecule has 0 bridgehead atoms. The number of fused-ring (bicyclic) bond motifs is 1. The Balaban J connectivity index is 1.93. The van der Waals surface area contributed by atoms with Crippen molar-refractivity contribution in [3.05, 3.63) is 71.9 Å². The van der Waals surface area contributed by atoms with E-state index in [1.165, 1.54) is 11.1 Å². The Morgan fingerprint density at radius 3 is 1.77 bits per heavy atom. The number of para-hydroxylation sites is 1. The van der Waals surface area contributed by atoms with Crippen LogP contribution in [0.3, 0.4) is 0 Å². The molecule has 17 nitrogen and oxygen atoms in total. The van der Waals surface area contributed by atoms with Crippen LogP contribution in [0.25, 0.3) is 10.9 Å². The van der Waals surface area contributed by atoms with Crippen LogP contribution in [0, 0.1) is 0 Å². The maximum absolute atomic E-state index is 14.1. The van der Waals surface area contributed by atoms with Crippen molar-refractivity contribution < 1.29 is 56.1 Å². The lowest BCUT2D eigenvalue weighted by atomic mass is 10.1. The Morgan fingerprint density at radius 2 is 1.25 bits per heavy atom. The number of pyridine rings is 1. The van der Waals surface area contributed by atoms with Crippen molar-refractivity contribution in [2.24, 2.45) is 0 Å². The second kappa shape index (κ2) is 20.8. The number of carbonyl (C=O) groups excluding carboxylic acids is 6. The molecule has 3 rings (SSSR count). The number of hydrazine groups is 1. The number of aromatic nitrogens is 1. The molecule has 1 unspecified atom stereocenters. The average Bonchev–Trinajstić information content (AvgIpc) is 3.11. The van der Waals surface area contributed by atoms with Crippen LogP contribution in [0.5, 0.6) is 0 Å². The molecule has 7 amide bonds. The first-order valence-electron chi connectivity index (χ1n) is 19.3. The van der Waals surface area contributed by atoms with Crippen LogP contribution in [-0.2, 0) is 36.5 Å². The molecule has 3 aromatic rings. The number of rotatable bonds is 13. The van der Waals surface area contributed by atoms with Crippen LogP contribution in [-0.4, -0.2) is 100 Å². The van der Waals surface area contributed by atoms with E-state index in [-0.39, 0.29) is 37.4 Å². The minimum absolute atomic E-state index is 0.117. The number of benzene rings is 2. The van der Waals surface area contributed by atoms with Crippen LogP contribution in [0.2, 0.25) is 0 Å². The number of alkyl carbamates (subject to hydrolysis) is 3. The molecule has 334 valence electrons. The standard InChI is InChI=1S/C41H55F3N8O9/c1-38(2,3)59-35(56)45-18-20-51(21-19-46-36(57)60-39(4,5)6)32(53)23-31(49-37(58)61-40(7,8)9)33(54)50-52(25-26-14-16-28(17-15-26)41(42,43)44)34(55)48-29-22-27-12-10-11-13-30(27)47-24-29/h10-17,22,24,31H,18-21,23,25H2,1-9H3,(H,45,56)(H,46,57)(H,48,55)(H,49,58)(H,50,54). The van der Waals surface area contributed by atoms with Gasteiger partial charge in [-0.1, -0.05) is 30.3 Å². The monoisotopic (exact) mass is 860 g/mol. The van der Waals surface area contributed by atoms with E-state index in [4.69, 9.17) is 14.2 Å². The van der Waals surface area contributed by atoms with Crippen molar-refractivity contribution in [2.75, 3.05) is 31.5 Å². The van der Waals surface area contributed by atoms with Crippen LogP contribution in [0.15, 0.2) is 60.8 Å². The summed E-state index contributed by atoms with van der Waals surface area (Å²) >= 11 is 0. The zero-order valence-corrected chi connectivity index (χ0v) is 35.7. The highest BCUT2D eigenvalue weighted by Gasteiger charge is 2.32. The topological polar surface area (TPSA) is 210 Å². The molecule has 1 heterocycles. The Morgan fingerprint density at radius 1 is 0.721 bits per heavy atom. The summed E-state index contributed by atoms with van der Waals surface area (Å²) in [5.74, 6) is -1.83. The zero-order chi connectivity index (χ0) is 45.8. The molecule has 0 aliphatic rings. The van der Waals surface area contributed by atoms with Crippen LogP contribution in [0.4, 0.5) is 38.0 Å². The van der Waals surface area contributed by atoms with Gasteiger partial charge in [0.2, 0.25) is 5.91 Å². The van der Waals surface area contributed by atoms with E-state index in [2.05, 4.69) is 31.7 Å². The van der Waals surface area contributed by atoms with Gasteiger partial charge < -0.3 is 40.4 Å². The number of amides is 7. The number of nitrogens with one attached hydrogen (secondary N) is 5. The normalized spacial score (nSPS) is 12.3. The molecule has 2 aromatic carbocycles. The third kappa shape index (κ3) is 18.2. The number of urea groups is 1. The average molecular weight is 861 g/mol. The van der Waals surface area contributed by atoms with E-state index in [1.807, 2.05) is 0 Å². The first-order chi connectivity index (χ1) is 28.2. The quantitative estimate of drug-likeness (QED) is 0.0933. The van der Waals surface area contributed by atoms with Crippen LogP contribution >= 0.6 is 0 Å². The molecule has 0 aliphatic carbocycles. The predicted octanol–water partition coefficient (Wildman–Crippen LogP) is 6.48. The van der Waals surface area contributed by atoms with Crippen molar-refractivity contribution in [1.82, 2.24) is 36.3 Å². The van der Waals surface area contributed by atoms with Gasteiger partial charge in [-0.2, -0.15) is 13.2 Å². The van der Waals surface area contributed by atoms with Gasteiger partial charge in [0.25, 0.3) is 5.91 Å². The lowest BCUT2D eigenvalue weighted by molar-refractivity contribution is -0.137. The number of halogens is 3. The molecule has 0 saturated heterocycles. The highest BCUT2D eigenvalue weighted by molar-refractivity contribution is 5.95. The van der Waals surface area contributed by atoms with Gasteiger partial charge in [-0.25, -0.2) is 24.2 Å². The molecule has 5 N–H and O–H groups in total. The van der Waals surface area contributed by atoms with Gasteiger partial charge in [-0.3, -0.25) is 20.0 Å². The summed E-state index contributed by atoms with van der Waals surface area (Å²) in [5.41, 5.74) is -0.189. The van der Waals surface area contributed by atoms with E-state index >= 15 is 0 Å². The summed E-state index contributed by atoms with van der Waals surface area (Å²) in [6.45, 7) is 13.7. The summed E-state index contributed by atoms with van der Waals surface area (Å²) in [6, 6.07) is 9.90. The number of hydrogen-bond acceptors (Lipinski definition) is 10. The molecule has 1 atom stereocenters. The van der Waals surface area contributed by atoms with E-state index < -0.39 is 83.7 Å². The van der Waals surface area contributed by atoms with Gasteiger partial charge in [-0.05, 0) is 92.1 Å². The summed E-state index contributed by atoms with van der Waals surface area (Å²) in [6.07, 6.45) is -6.61. The lowest BCUT2D eigenvalue weighted by Crippen LogP contribution is -2.56. The summed E-state index contributed by atoms with van der Waals surface area (Å²) in [5, 5.41) is 11.5. The van der Waals surface area contributed by atoms with Crippen molar-refractivity contribution in [3.63, 3.8) is 0 Å². The van der Waals surface area contributed by atoms with Crippen molar-refractivity contribution in [3.8, 4) is 0 Å². The minimum atomic E-state index is -4.63. The number of hydrogen-bond donors (Lipinski definition) is 5. The van der Waals surface area contributed by atoms with Gasteiger partial charge in [0.05, 0.1) is 35.9 Å². The fourth-order valence-corrected chi connectivity index (χ4v) is 5.22. The fraction of sp³-hybridized carbons (Fsp3) is 0.488. The highest BCUT2D eigenvalue weighted by Crippen LogP contribution is 2.29. The minimum Gasteiger partial charge on any atom is -0.444 e. The summed E-state index contributed by atoms with van der Waals surface area (Å²) in [7, 11) is 0. The molecule has 61 heavy (non-hydrogen) atoms. The lowest BCUT2D eigenvalue weighted by Gasteiger charge is -2.29. The Labute approximate surface area is 352 Å². The van der Waals surface area contributed by atoms with E-state index in [9.17, 15) is 41.9 Å². The number of alkyl halides is 3. The Bertz CT molecular complexity index is 1980. The van der Waals surface area contributed by atoms with Crippen molar-refractivity contribution >= 4 is 52.7 Å². The molecule has 0 fully saturated rings. The van der Waals surface area contributed by atoms with Crippen molar-refractivity contribution in [1.29, 1.82) is 0 Å². The SMILES string of the molecule is CC(C)(C)OC(=O)NCCN(CCNC(=O)OC(C)(C)C)C(=O)CC(NC(=O)OC(C)(C)C)C(=O)NN(Cc1ccc(C(F)(F)F)cc1)C(=O)Nc1cnc2ccccc2c1. The maximum Gasteiger partial charge on any atom is 0.416 e. The van der Waals surface area contributed by atoms with Gasteiger partial charge in [0.1, 0.15) is 22.8 Å². The number of carbonyl (C=O) groups is 6. The smallest absolute Gasteiger partial charge is 0.416 e. The maximum atomic E-state index is 14.1. The summed E-state index contributed by atoms with van der Waals surface area (Å²) in [4.78, 5) is 85.2. The van der Waals surface area contributed by atoms with Gasteiger partial charge in [-0.15, -0.1) is 0 Å². The van der Waals surface area contributed by atoms with Gasteiger partial charge in [0.15, 0.2) is 0 Å². The van der Waals surface area contributed by atoms with E-state index in [0.29, 0.717) is 10.9 Å². The Hall–Kier alpha value is -6.34. The molecule has 0 spiro atoms. The molecule has 0 saturated carbocycles. The van der Waals surface area contributed by atoms with Crippen LogP contribution in [0.1, 0.15) is 79.9 Å². The molecule has 0 radical (unpaired) electrons. The third-order valence-corrected chi connectivity index (χ3v) is 7.79. The number of nitrogens with zero attached hydrogens (tertiary/aromatic N) is 3.